The minimum absolute atomic E-state index is 0.132. The molecular formula is C25H29N3O2S. The van der Waals surface area contributed by atoms with E-state index in [0.29, 0.717) is 18.8 Å². The molecule has 0 radical (unpaired) electrons. The molecular weight excluding hydrogens is 406 g/mol. The van der Waals surface area contributed by atoms with E-state index in [-0.39, 0.29) is 11.8 Å². The first kappa shape index (κ1) is 21.7. The number of aromatic nitrogens is 2. The Morgan fingerprint density at radius 3 is 2.48 bits per heavy atom. The number of nitrogens with zero attached hydrogens (tertiary/aromatic N) is 3. The molecule has 5 nitrogen and oxygen atoms in total. The lowest BCUT2D eigenvalue weighted by atomic mass is 9.87. The van der Waals surface area contributed by atoms with E-state index in [1.54, 1.807) is 6.20 Å². The van der Waals surface area contributed by atoms with Gasteiger partial charge in [0.15, 0.2) is 5.16 Å². The van der Waals surface area contributed by atoms with Gasteiger partial charge >= 0.3 is 0 Å². The number of hydrogen-bond donors (Lipinski definition) is 1. The van der Waals surface area contributed by atoms with Gasteiger partial charge in [0.2, 0.25) is 5.91 Å². The highest BCUT2D eigenvalue weighted by Crippen LogP contribution is 2.31. The zero-order valence-electron chi connectivity index (χ0n) is 18.1. The average Bonchev–Trinajstić information content (AvgIpc) is 3.26. The van der Waals surface area contributed by atoms with Crippen LogP contribution in [0.4, 0.5) is 0 Å². The summed E-state index contributed by atoms with van der Waals surface area (Å²) in [6, 6.07) is 16.2. The summed E-state index contributed by atoms with van der Waals surface area (Å²) in [5, 5.41) is 11.5. The lowest BCUT2D eigenvalue weighted by molar-refractivity contribution is -0.130. The van der Waals surface area contributed by atoms with Crippen LogP contribution in [0, 0.1) is 19.8 Å². The molecule has 1 aliphatic rings. The number of rotatable bonds is 6. The Balaban J connectivity index is 1.32. The third-order valence-corrected chi connectivity index (χ3v) is 6.85. The van der Waals surface area contributed by atoms with E-state index in [1.165, 1.54) is 22.9 Å². The first-order valence-electron chi connectivity index (χ1n) is 10.8. The molecule has 4 rings (SSSR count). The summed E-state index contributed by atoms with van der Waals surface area (Å²) >= 11 is 1.48. The number of aliphatic hydroxyl groups excluding tert-OH is 1. The fraction of sp³-hybridized carbons (Fsp3) is 0.360. The van der Waals surface area contributed by atoms with Gasteiger partial charge in [0.25, 0.3) is 0 Å². The van der Waals surface area contributed by atoms with Crippen molar-refractivity contribution in [2.24, 2.45) is 5.92 Å². The quantitative estimate of drug-likeness (QED) is 0.577. The third-order valence-electron chi connectivity index (χ3n) is 5.90. The van der Waals surface area contributed by atoms with Crippen LogP contribution in [0.5, 0.6) is 0 Å². The molecule has 162 valence electrons. The van der Waals surface area contributed by atoms with Gasteiger partial charge in [0.1, 0.15) is 0 Å². The third kappa shape index (κ3) is 5.20. The molecule has 3 aromatic rings. The maximum atomic E-state index is 12.8. The zero-order chi connectivity index (χ0) is 21.8. The zero-order valence-corrected chi connectivity index (χ0v) is 18.9. The number of hydrogen-bond acceptors (Lipinski definition) is 4. The van der Waals surface area contributed by atoms with Gasteiger partial charge in [-0.3, -0.25) is 9.36 Å². The maximum Gasteiger partial charge on any atom is 0.233 e. The fourth-order valence-electron chi connectivity index (χ4n) is 4.29. The van der Waals surface area contributed by atoms with Gasteiger partial charge in [-0.15, -0.1) is 0 Å². The van der Waals surface area contributed by atoms with Crippen molar-refractivity contribution in [3.05, 3.63) is 77.6 Å². The molecule has 0 aliphatic carbocycles. The molecule has 0 spiro atoms. The molecule has 1 aliphatic heterocycles. The second kappa shape index (κ2) is 9.71. The standard InChI is InChI=1S/C25H29N3O2S/c1-18-14-19(2)16-22(15-18)28-13-10-26-25(28)31-17-23(29)27-11-8-21(9-12-27)24(30)20-6-4-3-5-7-20/h3-7,10,13-16,21,24,30H,8-9,11-12,17H2,1-2H3. The molecule has 1 saturated heterocycles. The number of aliphatic hydroxyl groups is 1. The maximum absolute atomic E-state index is 12.8. The second-order valence-corrected chi connectivity index (χ2v) is 9.23. The SMILES string of the molecule is Cc1cc(C)cc(-n2ccnc2SCC(=O)N2CCC(C(O)c3ccccc3)CC2)c1. The van der Waals surface area contributed by atoms with Crippen LogP contribution in [0.25, 0.3) is 5.69 Å². The van der Waals surface area contributed by atoms with Gasteiger partial charge in [0.05, 0.1) is 11.9 Å². The van der Waals surface area contributed by atoms with Crippen LogP contribution in [0.2, 0.25) is 0 Å². The highest BCUT2D eigenvalue weighted by atomic mass is 32.2. The van der Waals surface area contributed by atoms with Crippen LogP contribution in [0.1, 0.15) is 35.6 Å². The molecule has 1 aromatic heterocycles. The Bertz CT molecular complexity index is 1010. The number of benzene rings is 2. The van der Waals surface area contributed by atoms with Gasteiger partial charge in [-0.2, -0.15) is 0 Å². The van der Waals surface area contributed by atoms with Crippen LogP contribution in [0.3, 0.4) is 0 Å². The number of carbonyl (C=O) groups is 1. The van der Waals surface area contributed by atoms with Crippen molar-refractivity contribution in [1.29, 1.82) is 0 Å². The minimum Gasteiger partial charge on any atom is -0.388 e. The van der Waals surface area contributed by atoms with Gasteiger partial charge in [-0.1, -0.05) is 48.2 Å². The van der Waals surface area contributed by atoms with Crippen LogP contribution in [0.15, 0.2) is 66.1 Å². The van der Waals surface area contributed by atoms with Crippen LogP contribution >= 0.6 is 11.8 Å². The van der Waals surface area contributed by atoms with Crippen molar-refractivity contribution >= 4 is 17.7 Å². The predicted octanol–water partition coefficient (Wildman–Crippen LogP) is 4.55. The number of amides is 1. The number of thioether (sulfide) groups is 1. The van der Waals surface area contributed by atoms with E-state index in [2.05, 4.69) is 37.0 Å². The van der Waals surface area contributed by atoms with Crippen molar-refractivity contribution in [3.8, 4) is 5.69 Å². The molecule has 2 heterocycles. The van der Waals surface area contributed by atoms with E-state index >= 15 is 0 Å². The summed E-state index contributed by atoms with van der Waals surface area (Å²) in [6.07, 6.45) is 4.91. The van der Waals surface area contributed by atoms with E-state index in [9.17, 15) is 9.90 Å². The number of likely N-dealkylation sites (tertiary alicyclic amines) is 1. The lowest BCUT2D eigenvalue weighted by Gasteiger charge is -2.34. The van der Waals surface area contributed by atoms with E-state index < -0.39 is 6.10 Å². The Kier molecular flexibility index (Phi) is 6.78. The summed E-state index contributed by atoms with van der Waals surface area (Å²) < 4.78 is 2.04. The molecule has 0 bridgehead atoms. The Labute approximate surface area is 188 Å². The molecule has 2 aromatic carbocycles. The number of piperidine rings is 1. The number of imidazole rings is 1. The van der Waals surface area contributed by atoms with E-state index in [4.69, 9.17) is 0 Å². The molecule has 1 unspecified atom stereocenters. The molecule has 6 heteroatoms. The van der Waals surface area contributed by atoms with Crippen molar-refractivity contribution in [2.45, 2.75) is 37.9 Å². The summed E-state index contributed by atoms with van der Waals surface area (Å²) in [7, 11) is 0. The van der Waals surface area contributed by atoms with Crippen molar-refractivity contribution in [2.75, 3.05) is 18.8 Å². The van der Waals surface area contributed by atoms with Crippen molar-refractivity contribution < 1.29 is 9.90 Å². The summed E-state index contributed by atoms with van der Waals surface area (Å²) in [5.74, 6) is 0.698. The van der Waals surface area contributed by atoms with Gasteiger partial charge in [0, 0.05) is 31.2 Å². The van der Waals surface area contributed by atoms with Crippen LogP contribution in [-0.2, 0) is 4.79 Å². The molecule has 0 saturated carbocycles. The first-order chi connectivity index (χ1) is 15.0. The molecule has 1 amide bonds. The largest absolute Gasteiger partial charge is 0.388 e. The van der Waals surface area contributed by atoms with Gasteiger partial charge in [-0.05, 0) is 61.4 Å². The smallest absolute Gasteiger partial charge is 0.233 e. The normalized spacial score (nSPS) is 15.8. The highest BCUT2D eigenvalue weighted by molar-refractivity contribution is 7.99. The minimum atomic E-state index is -0.460. The molecule has 1 N–H and O–H groups in total. The van der Waals surface area contributed by atoms with Crippen LogP contribution < -0.4 is 0 Å². The van der Waals surface area contributed by atoms with E-state index in [0.717, 1.165) is 29.2 Å². The summed E-state index contributed by atoms with van der Waals surface area (Å²) in [4.78, 5) is 19.2. The van der Waals surface area contributed by atoms with Crippen molar-refractivity contribution in [3.63, 3.8) is 0 Å². The predicted molar refractivity (Wildman–Crippen MR) is 124 cm³/mol. The van der Waals surface area contributed by atoms with Crippen LogP contribution in [-0.4, -0.2) is 44.3 Å². The number of aryl methyl sites for hydroxylation is 2. The Morgan fingerprint density at radius 2 is 1.81 bits per heavy atom. The topological polar surface area (TPSA) is 58.4 Å². The van der Waals surface area contributed by atoms with E-state index in [1.807, 2.05) is 46.0 Å². The molecule has 1 fully saturated rings. The van der Waals surface area contributed by atoms with Gasteiger partial charge in [-0.25, -0.2) is 4.98 Å². The summed E-state index contributed by atoms with van der Waals surface area (Å²) in [6.45, 7) is 5.56. The molecule has 1 atom stereocenters. The first-order valence-corrected chi connectivity index (χ1v) is 11.8. The molecule has 31 heavy (non-hydrogen) atoms. The average molecular weight is 436 g/mol. The number of carbonyl (C=O) groups excluding carboxylic acids is 1. The monoisotopic (exact) mass is 435 g/mol. The summed E-state index contributed by atoms with van der Waals surface area (Å²) in [5.41, 5.74) is 4.44. The fourth-order valence-corrected chi connectivity index (χ4v) is 5.16. The van der Waals surface area contributed by atoms with Gasteiger partial charge < -0.3 is 10.0 Å². The van der Waals surface area contributed by atoms with Crippen molar-refractivity contribution in [1.82, 2.24) is 14.5 Å². The Hall–Kier alpha value is -2.57. The highest BCUT2D eigenvalue weighted by Gasteiger charge is 2.28. The lowest BCUT2D eigenvalue weighted by Crippen LogP contribution is -2.40. The Morgan fingerprint density at radius 1 is 1.13 bits per heavy atom. The second-order valence-electron chi connectivity index (χ2n) is 8.29.